The van der Waals surface area contributed by atoms with Gasteiger partial charge in [-0.05, 0) is 54.6 Å². The fourth-order valence-corrected chi connectivity index (χ4v) is 2.60. The van der Waals surface area contributed by atoms with Gasteiger partial charge in [0.25, 0.3) is 5.91 Å². The molecule has 1 aromatic heterocycles. The van der Waals surface area contributed by atoms with Gasteiger partial charge in [0.2, 0.25) is 0 Å². The number of Topliss-reactive ketones (excluding diaryl/α,β-unsaturated/α-hetero) is 1. The number of furan rings is 1. The van der Waals surface area contributed by atoms with Gasteiger partial charge < -0.3 is 23.9 Å². The summed E-state index contributed by atoms with van der Waals surface area (Å²) in [6, 6.07) is 13.9. The summed E-state index contributed by atoms with van der Waals surface area (Å²) < 4.78 is 20.4. The number of benzene rings is 2. The molecule has 0 aliphatic rings. The van der Waals surface area contributed by atoms with Crippen molar-refractivity contribution in [3.05, 3.63) is 77.7 Å². The van der Waals surface area contributed by atoms with Crippen LogP contribution in [0.3, 0.4) is 0 Å². The van der Waals surface area contributed by atoms with Crippen LogP contribution in [0.4, 0.5) is 5.69 Å². The number of amides is 1. The summed E-state index contributed by atoms with van der Waals surface area (Å²) in [5.74, 6) is -0.380. The number of esters is 1. The molecule has 3 rings (SSSR count). The fourth-order valence-electron chi connectivity index (χ4n) is 2.60. The second-order valence-electron chi connectivity index (χ2n) is 6.08. The van der Waals surface area contributed by atoms with Crippen molar-refractivity contribution in [3.63, 3.8) is 0 Å². The summed E-state index contributed by atoms with van der Waals surface area (Å²) in [7, 11) is 2.96. The average molecular weight is 409 g/mol. The van der Waals surface area contributed by atoms with E-state index in [1.165, 1.54) is 44.7 Å². The quantitative estimate of drug-likeness (QED) is 0.448. The second kappa shape index (κ2) is 9.42. The minimum Gasteiger partial charge on any atom is -0.493 e. The van der Waals surface area contributed by atoms with Crippen LogP contribution in [0.15, 0.2) is 65.3 Å². The molecule has 2 aromatic carbocycles. The van der Waals surface area contributed by atoms with E-state index in [1.807, 2.05) is 0 Å². The topological polar surface area (TPSA) is 104 Å². The van der Waals surface area contributed by atoms with Gasteiger partial charge in [-0.15, -0.1) is 0 Å². The lowest BCUT2D eigenvalue weighted by Crippen LogP contribution is -2.15. The lowest BCUT2D eigenvalue weighted by molar-refractivity contribution is 0.0474. The summed E-state index contributed by atoms with van der Waals surface area (Å²) in [4.78, 5) is 36.5. The van der Waals surface area contributed by atoms with Crippen LogP contribution in [0.2, 0.25) is 0 Å². The van der Waals surface area contributed by atoms with Crippen molar-refractivity contribution in [2.24, 2.45) is 0 Å². The molecule has 8 heteroatoms. The van der Waals surface area contributed by atoms with Gasteiger partial charge in [0.1, 0.15) is 0 Å². The van der Waals surface area contributed by atoms with Crippen LogP contribution in [0, 0.1) is 0 Å². The van der Waals surface area contributed by atoms with Crippen LogP contribution in [0.1, 0.15) is 31.3 Å². The molecule has 0 radical (unpaired) electrons. The Balaban J connectivity index is 1.57. The van der Waals surface area contributed by atoms with Gasteiger partial charge in [-0.3, -0.25) is 9.59 Å². The van der Waals surface area contributed by atoms with Crippen molar-refractivity contribution in [1.29, 1.82) is 0 Å². The SMILES string of the molecule is COc1ccc(C(=O)COC(=O)c2ccc(NC(=O)c3ccco3)cc2)cc1OC. The van der Waals surface area contributed by atoms with Gasteiger partial charge >= 0.3 is 5.97 Å². The molecule has 3 aromatic rings. The van der Waals surface area contributed by atoms with Crippen molar-refractivity contribution < 1.29 is 33.0 Å². The molecule has 0 atom stereocenters. The lowest BCUT2D eigenvalue weighted by Gasteiger charge is -2.09. The Morgan fingerprint density at radius 3 is 2.23 bits per heavy atom. The molecule has 0 spiro atoms. The number of carbonyl (C=O) groups excluding carboxylic acids is 3. The Kier molecular flexibility index (Phi) is 6.49. The van der Waals surface area contributed by atoms with E-state index in [9.17, 15) is 14.4 Å². The molecule has 0 saturated carbocycles. The van der Waals surface area contributed by atoms with Crippen LogP contribution < -0.4 is 14.8 Å². The molecule has 1 amide bonds. The Hall–Kier alpha value is -4.07. The highest BCUT2D eigenvalue weighted by Gasteiger charge is 2.15. The molecule has 8 nitrogen and oxygen atoms in total. The maximum atomic E-state index is 12.3. The molecule has 30 heavy (non-hydrogen) atoms. The summed E-state index contributed by atoms with van der Waals surface area (Å²) in [6.07, 6.45) is 1.40. The zero-order valence-corrected chi connectivity index (χ0v) is 16.3. The summed E-state index contributed by atoms with van der Waals surface area (Å²) in [6.45, 7) is -0.425. The maximum absolute atomic E-state index is 12.3. The number of ketones is 1. The molecule has 1 N–H and O–H groups in total. The molecule has 0 aliphatic heterocycles. The Morgan fingerprint density at radius 1 is 0.900 bits per heavy atom. The van der Waals surface area contributed by atoms with Crippen LogP contribution in [0.5, 0.6) is 11.5 Å². The van der Waals surface area contributed by atoms with Gasteiger partial charge in [0, 0.05) is 11.3 Å². The zero-order valence-electron chi connectivity index (χ0n) is 16.3. The fraction of sp³-hybridized carbons (Fsp3) is 0.136. The second-order valence-corrected chi connectivity index (χ2v) is 6.08. The zero-order chi connectivity index (χ0) is 21.5. The van der Waals surface area contributed by atoms with Crippen molar-refractivity contribution in [1.82, 2.24) is 0 Å². The third kappa shape index (κ3) is 4.85. The van der Waals surface area contributed by atoms with Crippen LogP contribution in [-0.2, 0) is 4.74 Å². The van der Waals surface area contributed by atoms with Gasteiger partial charge in [0.05, 0.1) is 26.0 Å². The standard InChI is InChI=1S/C22H19NO7/c1-27-18-10-7-15(12-20(18)28-2)17(24)13-30-22(26)14-5-8-16(9-6-14)23-21(25)19-4-3-11-29-19/h3-12H,13H2,1-2H3,(H,23,25). The minimum atomic E-state index is -0.660. The van der Waals surface area contributed by atoms with E-state index in [-0.39, 0.29) is 17.1 Å². The molecule has 0 fully saturated rings. The Bertz CT molecular complexity index is 1040. The van der Waals surface area contributed by atoms with Crippen molar-refractivity contribution >= 4 is 23.3 Å². The number of hydrogen-bond acceptors (Lipinski definition) is 7. The van der Waals surface area contributed by atoms with E-state index < -0.39 is 18.5 Å². The number of hydrogen-bond donors (Lipinski definition) is 1. The maximum Gasteiger partial charge on any atom is 0.338 e. The van der Waals surface area contributed by atoms with E-state index in [2.05, 4.69) is 5.32 Å². The van der Waals surface area contributed by atoms with Crippen molar-refractivity contribution in [2.45, 2.75) is 0 Å². The van der Waals surface area contributed by atoms with E-state index in [4.69, 9.17) is 18.6 Å². The summed E-state index contributed by atoms with van der Waals surface area (Å²) in [5, 5.41) is 2.64. The summed E-state index contributed by atoms with van der Waals surface area (Å²) in [5.41, 5.74) is 1.05. The van der Waals surface area contributed by atoms with Crippen LogP contribution in [0.25, 0.3) is 0 Å². The third-order valence-electron chi connectivity index (χ3n) is 4.16. The molecule has 0 bridgehead atoms. The minimum absolute atomic E-state index is 0.173. The molecule has 1 heterocycles. The predicted octanol–water partition coefficient (Wildman–Crippen LogP) is 3.59. The highest BCUT2D eigenvalue weighted by molar-refractivity contribution is 6.02. The molecule has 154 valence electrons. The molecular formula is C22H19NO7. The average Bonchev–Trinajstić information content (AvgIpc) is 3.32. The Labute approximate surface area is 172 Å². The number of carbonyl (C=O) groups is 3. The highest BCUT2D eigenvalue weighted by atomic mass is 16.5. The summed E-state index contributed by atoms with van der Waals surface area (Å²) >= 11 is 0. The highest BCUT2D eigenvalue weighted by Crippen LogP contribution is 2.27. The van der Waals surface area contributed by atoms with E-state index in [0.29, 0.717) is 22.7 Å². The van der Waals surface area contributed by atoms with Crippen molar-refractivity contribution in [3.8, 4) is 11.5 Å². The van der Waals surface area contributed by atoms with Gasteiger partial charge in [-0.1, -0.05) is 0 Å². The first-order valence-corrected chi connectivity index (χ1v) is 8.89. The van der Waals surface area contributed by atoms with Crippen LogP contribution >= 0.6 is 0 Å². The number of nitrogens with one attached hydrogen (secondary N) is 1. The van der Waals surface area contributed by atoms with Gasteiger partial charge in [0.15, 0.2) is 29.6 Å². The number of anilines is 1. The monoisotopic (exact) mass is 409 g/mol. The number of ether oxygens (including phenoxy) is 3. The molecular weight excluding hydrogens is 390 g/mol. The largest absolute Gasteiger partial charge is 0.493 e. The van der Waals surface area contributed by atoms with E-state index >= 15 is 0 Å². The number of rotatable bonds is 8. The number of methoxy groups -OCH3 is 2. The lowest BCUT2D eigenvalue weighted by atomic mass is 10.1. The molecule has 0 unspecified atom stereocenters. The first kappa shape index (κ1) is 20.7. The molecule has 0 aliphatic carbocycles. The van der Waals surface area contributed by atoms with Gasteiger partial charge in [-0.25, -0.2) is 4.79 Å². The predicted molar refractivity (Wildman–Crippen MR) is 107 cm³/mol. The molecule has 0 saturated heterocycles. The first-order chi connectivity index (χ1) is 14.5. The van der Waals surface area contributed by atoms with E-state index in [0.717, 1.165) is 0 Å². The smallest absolute Gasteiger partial charge is 0.338 e. The van der Waals surface area contributed by atoms with E-state index in [1.54, 1.807) is 30.3 Å². The Morgan fingerprint density at radius 2 is 1.60 bits per heavy atom. The van der Waals surface area contributed by atoms with Crippen LogP contribution in [-0.4, -0.2) is 38.5 Å². The van der Waals surface area contributed by atoms with Crippen molar-refractivity contribution in [2.75, 3.05) is 26.1 Å². The normalized spacial score (nSPS) is 10.2. The first-order valence-electron chi connectivity index (χ1n) is 8.89. The third-order valence-corrected chi connectivity index (χ3v) is 4.16. The van der Waals surface area contributed by atoms with Gasteiger partial charge in [-0.2, -0.15) is 0 Å².